The van der Waals surface area contributed by atoms with Crippen LogP contribution in [0.25, 0.3) is 0 Å². The standard InChI is InChI=1S/C12H15N3O4/c1-18-13-9-10-2-3-11(12(8-10)15(16)17)14-4-6-19-7-5-14/h2-3,8-9H,4-7H2,1H3. The second-order valence-corrected chi connectivity index (χ2v) is 4.02. The van der Waals surface area contributed by atoms with Gasteiger partial charge in [0.2, 0.25) is 0 Å². The van der Waals surface area contributed by atoms with E-state index in [2.05, 4.69) is 9.99 Å². The van der Waals surface area contributed by atoms with Crippen molar-refractivity contribution in [3.8, 4) is 0 Å². The smallest absolute Gasteiger partial charge is 0.293 e. The number of morpholine rings is 1. The molecule has 0 unspecified atom stereocenters. The highest BCUT2D eigenvalue weighted by atomic mass is 16.6. The Morgan fingerprint density at radius 3 is 2.84 bits per heavy atom. The van der Waals surface area contributed by atoms with E-state index in [4.69, 9.17) is 4.74 Å². The molecular formula is C12H15N3O4. The number of nitro benzene ring substituents is 1. The highest BCUT2D eigenvalue weighted by molar-refractivity contribution is 5.82. The van der Waals surface area contributed by atoms with Crippen LogP contribution in [0.15, 0.2) is 23.4 Å². The zero-order valence-corrected chi connectivity index (χ0v) is 10.6. The molecule has 1 aromatic carbocycles. The van der Waals surface area contributed by atoms with Crippen LogP contribution >= 0.6 is 0 Å². The number of nitrogens with zero attached hydrogens (tertiary/aromatic N) is 3. The van der Waals surface area contributed by atoms with E-state index in [1.54, 1.807) is 12.1 Å². The predicted octanol–water partition coefficient (Wildman–Crippen LogP) is 1.41. The first-order valence-electron chi connectivity index (χ1n) is 5.90. The zero-order valence-electron chi connectivity index (χ0n) is 10.6. The lowest BCUT2D eigenvalue weighted by atomic mass is 10.1. The van der Waals surface area contributed by atoms with Gasteiger partial charge in [-0.05, 0) is 6.07 Å². The number of nitro groups is 1. The van der Waals surface area contributed by atoms with Gasteiger partial charge in [0.05, 0.1) is 24.4 Å². The molecule has 0 aromatic heterocycles. The molecule has 0 aliphatic carbocycles. The Labute approximate surface area is 110 Å². The van der Waals surface area contributed by atoms with Crippen LogP contribution in [0.3, 0.4) is 0 Å². The molecule has 0 amide bonds. The lowest BCUT2D eigenvalue weighted by molar-refractivity contribution is -0.384. The minimum atomic E-state index is -0.380. The van der Waals surface area contributed by atoms with Gasteiger partial charge in [-0.2, -0.15) is 0 Å². The summed E-state index contributed by atoms with van der Waals surface area (Å²) >= 11 is 0. The van der Waals surface area contributed by atoms with Gasteiger partial charge in [0.15, 0.2) is 0 Å². The van der Waals surface area contributed by atoms with Gasteiger partial charge in [0.1, 0.15) is 12.8 Å². The minimum absolute atomic E-state index is 0.0713. The lowest BCUT2D eigenvalue weighted by Gasteiger charge is -2.28. The summed E-state index contributed by atoms with van der Waals surface area (Å²) in [5, 5.41) is 14.8. The third-order valence-electron chi connectivity index (χ3n) is 2.86. The monoisotopic (exact) mass is 265 g/mol. The normalized spacial score (nSPS) is 15.7. The minimum Gasteiger partial charge on any atom is -0.399 e. The Kier molecular flexibility index (Phi) is 4.30. The Morgan fingerprint density at radius 2 is 2.21 bits per heavy atom. The van der Waals surface area contributed by atoms with Crippen molar-refractivity contribution < 1.29 is 14.5 Å². The first-order valence-corrected chi connectivity index (χ1v) is 5.90. The molecule has 1 heterocycles. The average molecular weight is 265 g/mol. The Balaban J connectivity index is 2.31. The van der Waals surface area contributed by atoms with Gasteiger partial charge in [0, 0.05) is 24.7 Å². The molecule has 0 N–H and O–H groups in total. The highest BCUT2D eigenvalue weighted by Gasteiger charge is 2.21. The number of oxime groups is 1. The van der Waals surface area contributed by atoms with E-state index in [-0.39, 0.29) is 10.6 Å². The molecule has 7 heteroatoms. The molecule has 0 radical (unpaired) electrons. The zero-order chi connectivity index (χ0) is 13.7. The number of hydrogen-bond donors (Lipinski definition) is 0. The molecular weight excluding hydrogens is 250 g/mol. The summed E-state index contributed by atoms with van der Waals surface area (Å²) in [6.45, 7) is 2.49. The first-order chi connectivity index (χ1) is 9.22. The maximum Gasteiger partial charge on any atom is 0.293 e. The molecule has 7 nitrogen and oxygen atoms in total. The van der Waals surface area contributed by atoms with Crippen molar-refractivity contribution in [3.63, 3.8) is 0 Å². The number of benzene rings is 1. The van der Waals surface area contributed by atoms with Gasteiger partial charge in [-0.25, -0.2) is 0 Å². The molecule has 19 heavy (non-hydrogen) atoms. The molecule has 0 bridgehead atoms. The van der Waals surface area contributed by atoms with Crippen LogP contribution in [-0.2, 0) is 9.57 Å². The van der Waals surface area contributed by atoms with Crippen LogP contribution in [0.1, 0.15) is 5.56 Å². The molecule has 1 aliphatic rings. The topological polar surface area (TPSA) is 77.2 Å². The quantitative estimate of drug-likeness (QED) is 0.467. The van der Waals surface area contributed by atoms with Crippen molar-refractivity contribution >= 4 is 17.6 Å². The van der Waals surface area contributed by atoms with Gasteiger partial charge < -0.3 is 14.5 Å². The molecule has 0 saturated carbocycles. The summed E-state index contributed by atoms with van der Waals surface area (Å²) in [6.07, 6.45) is 1.44. The van der Waals surface area contributed by atoms with Crippen LogP contribution in [0, 0.1) is 10.1 Å². The number of anilines is 1. The Morgan fingerprint density at radius 1 is 1.47 bits per heavy atom. The molecule has 0 spiro atoms. The average Bonchev–Trinajstić information content (AvgIpc) is 2.45. The fraction of sp³-hybridized carbons (Fsp3) is 0.417. The summed E-state index contributed by atoms with van der Waals surface area (Å²) < 4.78 is 5.25. The van der Waals surface area contributed by atoms with Crippen molar-refractivity contribution in [1.29, 1.82) is 0 Å². The maximum absolute atomic E-state index is 11.2. The van der Waals surface area contributed by atoms with Crippen molar-refractivity contribution in [2.45, 2.75) is 0 Å². The number of hydrogen-bond acceptors (Lipinski definition) is 6. The van der Waals surface area contributed by atoms with Gasteiger partial charge in [-0.15, -0.1) is 0 Å². The molecule has 1 aromatic rings. The summed E-state index contributed by atoms with van der Waals surface area (Å²) in [6, 6.07) is 5.01. The molecule has 1 saturated heterocycles. The van der Waals surface area contributed by atoms with E-state index in [1.165, 1.54) is 19.4 Å². The van der Waals surface area contributed by atoms with Crippen molar-refractivity contribution in [2.24, 2.45) is 5.16 Å². The van der Waals surface area contributed by atoms with Gasteiger partial charge in [-0.1, -0.05) is 11.2 Å². The summed E-state index contributed by atoms with van der Waals surface area (Å²) in [5.41, 5.74) is 1.32. The van der Waals surface area contributed by atoms with Crippen LogP contribution in [0.5, 0.6) is 0 Å². The molecule has 0 atom stereocenters. The second kappa shape index (κ2) is 6.14. The molecule has 1 fully saturated rings. The predicted molar refractivity (Wildman–Crippen MR) is 70.7 cm³/mol. The third kappa shape index (κ3) is 3.19. The SMILES string of the molecule is CON=Cc1ccc(N2CCOCC2)c([N+](=O)[O-])c1. The van der Waals surface area contributed by atoms with E-state index >= 15 is 0 Å². The van der Waals surface area contributed by atoms with Crippen LogP contribution in [0.2, 0.25) is 0 Å². The van der Waals surface area contributed by atoms with E-state index < -0.39 is 0 Å². The third-order valence-corrected chi connectivity index (χ3v) is 2.86. The van der Waals surface area contributed by atoms with Crippen LogP contribution in [0.4, 0.5) is 11.4 Å². The Hall–Kier alpha value is -2.15. The van der Waals surface area contributed by atoms with Crippen LogP contribution < -0.4 is 4.90 Å². The molecule has 102 valence electrons. The number of rotatable bonds is 4. The first kappa shape index (κ1) is 13.3. The van der Waals surface area contributed by atoms with Crippen LogP contribution in [-0.4, -0.2) is 44.6 Å². The van der Waals surface area contributed by atoms with Gasteiger partial charge in [0.25, 0.3) is 5.69 Å². The van der Waals surface area contributed by atoms with Gasteiger partial charge >= 0.3 is 0 Å². The van der Waals surface area contributed by atoms with Crippen molar-refractivity contribution in [3.05, 3.63) is 33.9 Å². The maximum atomic E-state index is 11.2. The van der Waals surface area contributed by atoms with Crippen molar-refractivity contribution in [1.82, 2.24) is 0 Å². The van der Waals surface area contributed by atoms with E-state index in [0.29, 0.717) is 37.6 Å². The second-order valence-electron chi connectivity index (χ2n) is 4.02. The molecule has 1 aliphatic heterocycles. The summed E-state index contributed by atoms with van der Waals surface area (Å²) in [5.74, 6) is 0. The largest absolute Gasteiger partial charge is 0.399 e. The number of ether oxygens (including phenoxy) is 1. The highest BCUT2D eigenvalue weighted by Crippen LogP contribution is 2.29. The fourth-order valence-electron chi connectivity index (χ4n) is 1.95. The van der Waals surface area contributed by atoms with Crippen molar-refractivity contribution in [2.75, 3.05) is 38.3 Å². The lowest BCUT2D eigenvalue weighted by Crippen LogP contribution is -2.36. The Bertz CT molecular complexity index is 484. The van der Waals surface area contributed by atoms with Gasteiger partial charge in [-0.3, -0.25) is 10.1 Å². The fourth-order valence-corrected chi connectivity index (χ4v) is 1.95. The molecule has 2 rings (SSSR count). The van der Waals surface area contributed by atoms with E-state index in [1.807, 2.05) is 4.90 Å². The van der Waals surface area contributed by atoms with E-state index in [9.17, 15) is 10.1 Å². The summed E-state index contributed by atoms with van der Waals surface area (Å²) in [4.78, 5) is 17.3. The summed E-state index contributed by atoms with van der Waals surface area (Å²) in [7, 11) is 1.42. The van der Waals surface area contributed by atoms with E-state index in [0.717, 1.165) is 0 Å².